The van der Waals surface area contributed by atoms with Gasteiger partial charge < -0.3 is 10.6 Å². The molecule has 0 bridgehead atoms. The molecule has 2 unspecified atom stereocenters. The van der Waals surface area contributed by atoms with E-state index in [9.17, 15) is 14.9 Å². The topological polar surface area (TPSA) is 89.5 Å². The highest BCUT2D eigenvalue weighted by molar-refractivity contribution is 5.94. The lowest BCUT2D eigenvalue weighted by Crippen LogP contribution is -2.45. The molecule has 21 heavy (non-hydrogen) atoms. The van der Waals surface area contributed by atoms with Crippen molar-refractivity contribution < 1.29 is 9.72 Å². The molecule has 6 nitrogen and oxygen atoms in total. The first-order chi connectivity index (χ1) is 9.49. The van der Waals surface area contributed by atoms with Crippen molar-refractivity contribution in [2.45, 2.75) is 25.8 Å². The van der Waals surface area contributed by atoms with Crippen molar-refractivity contribution in [1.82, 2.24) is 4.90 Å². The highest BCUT2D eigenvalue weighted by Gasteiger charge is 2.27. The quantitative estimate of drug-likeness (QED) is 0.684. The molecule has 1 amide bonds. The molecule has 1 aliphatic heterocycles. The molecule has 0 saturated carbocycles. The Kier molecular flexibility index (Phi) is 6.11. The monoisotopic (exact) mass is 313 g/mol. The molecule has 1 aromatic rings. The summed E-state index contributed by atoms with van der Waals surface area (Å²) in [6, 6.07) is 5.93. The van der Waals surface area contributed by atoms with Crippen molar-refractivity contribution in [3.8, 4) is 0 Å². The predicted molar refractivity (Wildman–Crippen MR) is 82.6 cm³/mol. The summed E-state index contributed by atoms with van der Waals surface area (Å²) in [7, 11) is 0. The molecule has 116 valence electrons. The summed E-state index contributed by atoms with van der Waals surface area (Å²) in [4.78, 5) is 24.4. The van der Waals surface area contributed by atoms with Crippen molar-refractivity contribution in [1.29, 1.82) is 0 Å². The molecule has 0 aromatic heterocycles. The van der Waals surface area contributed by atoms with Crippen LogP contribution in [-0.2, 0) is 0 Å². The van der Waals surface area contributed by atoms with Gasteiger partial charge in [0.25, 0.3) is 11.6 Å². The van der Waals surface area contributed by atoms with Gasteiger partial charge in [-0.05, 0) is 31.7 Å². The van der Waals surface area contributed by atoms with Gasteiger partial charge in [-0.15, -0.1) is 12.4 Å². The molecule has 1 aromatic carbocycles. The van der Waals surface area contributed by atoms with Crippen molar-refractivity contribution in [3.63, 3.8) is 0 Å². The van der Waals surface area contributed by atoms with Gasteiger partial charge in [0, 0.05) is 36.8 Å². The molecule has 1 aliphatic rings. The molecule has 1 heterocycles. The minimum absolute atomic E-state index is 0. The zero-order chi connectivity index (χ0) is 14.7. The molecule has 2 rings (SSSR count). The summed E-state index contributed by atoms with van der Waals surface area (Å²) in [5.74, 6) is 0.144. The SMILES string of the molecule is CC(N)C1CCCN(C(=O)c2cccc([N+](=O)[O-])c2)C1.Cl. The van der Waals surface area contributed by atoms with Crippen molar-refractivity contribution in [2.75, 3.05) is 13.1 Å². The number of rotatable bonds is 3. The van der Waals surface area contributed by atoms with Gasteiger partial charge in [-0.1, -0.05) is 6.07 Å². The summed E-state index contributed by atoms with van der Waals surface area (Å²) in [5, 5.41) is 10.8. The summed E-state index contributed by atoms with van der Waals surface area (Å²) in [6.07, 6.45) is 1.95. The van der Waals surface area contributed by atoms with E-state index in [1.165, 1.54) is 12.1 Å². The number of amides is 1. The Balaban J connectivity index is 0.00000220. The molecule has 2 N–H and O–H groups in total. The molecule has 0 radical (unpaired) electrons. The standard InChI is InChI=1S/C14H19N3O3.ClH/c1-10(15)12-5-3-7-16(9-12)14(18)11-4-2-6-13(8-11)17(19)20;/h2,4,6,8,10,12H,3,5,7,9,15H2,1H3;1H. The lowest BCUT2D eigenvalue weighted by atomic mass is 9.92. The zero-order valence-electron chi connectivity index (χ0n) is 11.9. The van der Waals surface area contributed by atoms with Gasteiger partial charge in [0.1, 0.15) is 0 Å². The number of piperidine rings is 1. The van der Waals surface area contributed by atoms with Crippen LogP contribution in [0, 0.1) is 16.0 Å². The summed E-state index contributed by atoms with van der Waals surface area (Å²) < 4.78 is 0. The highest BCUT2D eigenvalue weighted by Crippen LogP contribution is 2.22. The van der Waals surface area contributed by atoms with Crippen LogP contribution in [0.25, 0.3) is 0 Å². The van der Waals surface area contributed by atoms with Crippen LogP contribution in [0.5, 0.6) is 0 Å². The van der Waals surface area contributed by atoms with Gasteiger partial charge in [-0.25, -0.2) is 0 Å². The number of nitro groups is 1. The minimum atomic E-state index is -0.488. The average Bonchev–Trinajstić information content (AvgIpc) is 2.46. The molecule has 0 spiro atoms. The maximum atomic E-state index is 12.4. The van der Waals surface area contributed by atoms with Crippen LogP contribution in [0.15, 0.2) is 24.3 Å². The Labute approximate surface area is 129 Å². The first-order valence-corrected chi connectivity index (χ1v) is 6.78. The number of likely N-dealkylation sites (tertiary alicyclic amines) is 1. The number of nitro benzene ring substituents is 1. The molecule has 1 saturated heterocycles. The van der Waals surface area contributed by atoms with Crippen molar-refractivity contribution >= 4 is 24.0 Å². The maximum Gasteiger partial charge on any atom is 0.270 e. The fraction of sp³-hybridized carbons (Fsp3) is 0.500. The van der Waals surface area contributed by atoms with E-state index in [1.807, 2.05) is 6.92 Å². The third-order valence-corrected chi connectivity index (χ3v) is 3.79. The van der Waals surface area contributed by atoms with Crippen LogP contribution in [-0.4, -0.2) is 34.9 Å². The van der Waals surface area contributed by atoms with Gasteiger partial charge in [0.15, 0.2) is 0 Å². The van der Waals surface area contributed by atoms with E-state index in [0.29, 0.717) is 24.6 Å². The highest BCUT2D eigenvalue weighted by atomic mass is 35.5. The number of halogens is 1. The summed E-state index contributed by atoms with van der Waals surface area (Å²) in [6.45, 7) is 3.26. The maximum absolute atomic E-state index is 12.4. The normalized spacial score (nSPS) is 19.5. The fourth-order valence-electron chi connectivity index (χ4n) is 2.56. The van der Waals surface area contributed by atoms with Gasteiger partial charge >= 0.3 is 0 Å². The molecule has 2 atom stereocenters. The van der Waals surface area contributed by atoms with E-state index >= 15 is 0 Å². The second-order valence-corrected chi connectivity index (χ2v) is 5.32. The largest absolute Gasteiger partial charge is 0.338 e. The fourth-order valence-corrected chi connectivity index (χ4v) is 2.56. The summed E-state index contributed by atoms with van der Waals surface area (Å²) >= 11 is 0. The number of benzene rings is 1. The van der Waals surface area contributed by atoms with Crippen LogP contribution in [0.3, 0.4) is 0 Å². The lowest BCUT2D eigenvalue weighted by molar-refractivity contribution is -0.384. The van der Waals surface area contributed by atoms with Crippen LogP contribution >= 0.6 is 12.4 Å². The predicted octanol–water partition coefficient (Wildman–Crippen LogP) is 2.22. The average molecular weight is 314 g/mol. The van der Waals surface area contributed by atoms with E-state index < -0.39 is 4.92 Å². The number of non-ortho nitro benzene ring substituents is 1. The Morgan fingerprint density at radius 1 is 1.52 bits per heavy atom. The van der Waals surface area contributed by atoms with Crippen molar-refractivity contribution in [3.05, 3.63) is 39.9 Å². The lowest BCUT2D eigenvalue weighted by Gasteiger charge is -2.34. The molecular formula is C14H20ClN3O3. The third kappa shape index (κ3) is 4.15. The van der Waals surface area contributed by atoms with Gasteiger partial charge in [0.05, 0.1) is 4.92 Å². The minimum Gasteiger partial charge on any atom is -0.338 e. The first kappa shape index (κ1) is 17.4. The Hall–Kier alpha value is -1.66. The smallest absolute Gasteiger partial charge is 0.270 e. The van der Waals surface area contributed by atoms with E-state index in [2.05, 4.69) is 0 Å². The molecule has 0 aliphatic carbocycles. The van der Waals surface area contributed by atoms with Gasteiger partial charge in [-0.3, -0.25) is 14.9 Å². The van der Waals surface area contributed by atoms with E-state index in [-0.39, 0.29) is 30.0 Å². The first-order valence-electron chi connectivity index (χ1n) is 6.78. The van der Waals surface area contributed by atoms with Gasteiger partial charge in [0.2, 0.25) is 0 Å². The Morgan fingerprint density at radius 3 is 2.86 bits per heavy atom. The van der Waals surface area contributed by atoms with Gasteiger partial charge in [-0.2, -0.15) is 0 Å². The second-order valence-electron chi connectivity index (χ2n) is 5.32. The number of hydrogen-bond donors (Lipinski definition) is 1. The van der Waals surface area contributed by atoms with Crippen LogP contribution < -0.4 is 5.73 Å². The molecular weight excluding hydrogens is 294 g/mol. The van der Waals surface area contributed by atoms with Crippen LogP contribution in [0.4, 0.5) is 5.69 Å². The number of carbonyl (C=O) groups excluding carboxylic acids is 1. The van der Waals surface area contributed by atoms with E-state index in [0.717, 1.165) is 12.8 Å². The van der Waals surface area contributed by atoms with Crippen LogP contribution in [0.1, 0.15) is 30.1 Å². The summed E-state index contributed by atoms with van der Waals surface area (Å²) in [5.41, 5.74) is 6.21. The number of nitrogens with zero attached hydrogens (tertiary/aromatic N) is 2. The third-order valence-electron chi connectivity index (χ3n) is 3.79. The number of hydrogen-bond acceptors (Lipinski definition) is 4. The molecule has 1 fully saturated rings. The van der Waals surface area contributed by atoms with E-state index in [4.69, 9.17) is 5.73 Å². The molecule has 7 heteroatoms. The van der Waals surface area contributed by atoms with Crippen molar-refractivity contribution in [2.24, 2.45) is 11.7 Å². The Morgan fingerprint density at radius 2 is 2.24 bits per heavy atom. The van der Waals surface area contributed by atoms with Crippen LogP contribution in [0.2, 0.25) is 0 Å². The zero-order valence-corrected chi connectivity index (χ0v) is 12.7. The Bertz CT molecular complexity index is 522. The second kappa shape index (κ2) is 7.38. The number of nitrogens with two attached hydrogens (primary N) is 1. The number of carbonyl (C=O) groups is 1. The van der Waals surface area contributed by atoms with E-state index in [1.54, 1.807) is 17.0 Å².